The molecule has 0 saturated carbocycles. The molecule has 4 rings (SSSR count). The monoisotopic (exact) mass is 434 g/mol. The smallest absolute Gasteiger partial charge is 0.344 e. The zero-order chi connectivity index (χ0) is 22.9. The molecule has 1 aromatic heterocycles. The topological polar surface area (TPSA) is 114 Å². The van der Waals surface area contributed by atoms with E-state index in [0.29, 0.717) is 22.1 Å². The van der Waals surface area contributed by atoms with Crippen molar-refractivity contribution in [3.63, 3.8) is 0 Å². The van der Waals surface area contributed by atoms with Crippen molar-refractivity contribution in [3.05, 3.63) is 82.7 Å². The summed E-state index contributed by atoms with van der Waals surface area (Å²) >= 11 is 0. The van der Waals surface area contributed by atoms with Gasteiger partial charge in [-0.3, -0.25) is 15.0 Å². The zero-order valence-corrected chi connectivity index (χ0v) is 17.8. The van der Waals surface area contributed by atoms with E-state index in [2.05, 4.69) is 15.9 Å². The Hall–Kier alpha value is -4.14. The van der Waals surface area contributed by atoms with Crippen molar-refractivity contribution >= 4 is 17.8 Å². The number of imide groups is 1. The Bertz CT molecular complexity index is 1150. The highest BCUT2D eigenvalue weighted by Crippen LogP contribution is 2.27. The Morgan fingerprint density at radius 2 is 1.81 bits per heavy atom. The van der Waals surface area contributed by atoms with E-state index in [-0.39, 0.29) is 12.2 Å². The lowest BCUT2D eigenvalue weighted by Gasteiger charge is -2.22. The zero-order valence-electron chi connectivity index (χ0n) is 17.8. The molecule has 2 N–H and O–H groups in total. The van der Waals surface area contributed by atoms with Gasteiger partial charge in [-0.2, -0.15) is 5.01 Å². The molecule has 9 nitrogen and oxygen atoms in total. The van der Waals surface area contributed by atoms with Crippen LogP contribution in [0.15, 0.2) is 59.1 Å². The number of aryl methyl sites for hydroxylation is 2. The molecule has 0 spiro atoms. The summed E-state index contributed by atoms with van der Waals surface area (Å²) in [6, 6.07) is 14.5. The summed E-state index contributed by atoms with van der Waals surface area (Å²) in [5, 5.41) is 7.23. The molecule has 4 amide bonds. The normalized spacial score (nSPS) is 17.9. The SMILES string of the molecule is Cc1noc(C)c1COc1ccc(C(=O)NN2C(=O)N[C@](C)(c3ccccc3)C2=O)cc1. The minimum absolute atomic E-state index is 0.267. The molecule has 1 atom stereocenters. The lowest BCUT2D eigenvalue weighted by atomic mass is 9.92. The number of carbonyl (C=O) groups excluding carboxylic acids is 3. The van der Waals surface area contributed by atoms with Crippen LogP contribution in [0.4, 0.5) is 4.79 Å². The minimum atomic E-state index is -1.26. The van der Waals surface area contributed by atoms with Gasteiger partial charge in [-0.1, -0.05) is 35.5 Å². The molecule has 1 fully saturated rings. The van der Waals surface area contributed by atoms with Crippen molar-refractivity contribution in [2.24, 2.45) is 0 Å². The van der Waals surface area contributed by atoms with Crippen LogP contribution in [0.25, 0.3) is 0 Å². The van der Waals surface area contributed by atoms with Gasteiger partial charge in [0.15, 0.2) is 0 Å². The van der Waals surface area contributed by atoms with Crippen LogP contribution in [0.5, 0.6) is 5.75 Å². The second-order valence-corrected chi connectivity index (χ2v) is 7.62. The van der Waals surface area contributed by atoms with Gasteiger partial charge < -0.3 is 14.6 Å². The molecular formula is C23H22N4O5. The molecule has 0 unspecified atom stereocenters. The molecule has 0 radical (unpaired) electrons. The first-order valence-corrected chi connectivity index (χ1v) is 9.97. The maximum absolute atomic E-state index is 12.9. The summed E-state index contributed by atoms with van der Waals surface area (Å²) in [4.78, 5) is 37.9. The molecule has 1 saturated heterocycles. The van der Waals surface area contributed by atoms with E-state index < -0.39 is 23.4 Å². The molecule has 0 bridgehead atoms. The first-order valence-electron chi connectivity index (χ1n) is 9.97. The fraction of sp³-hybridized carbons (Fsp3) is 0.217. The second kappa shape index (κ2) is 8.18. The van der Waals surface area contributed by atoms with Crippen LogP contribution in [-0.4, -0.2) is 28.0 Å². The standard InChI is InChI=1S/C23H22N4O5/c1-14-19(15(2)32-26-14)13-31-18-11-9-16(10-12-18)20(28)25-27-21(29)23(3,24-22(27)30)17-7-5-4-6-8-17/h4-12H,13H2,1-3H3,(H,24,30)(H,25,28)/t23-/m1/s1. The summed E-state index contributed by atoms with van der Waals surface area (Å²) in [5.74, 6) is 0.0762. The lowest BCUT2D eigenvalue weighted by Crippen LogP contribution is -2.47. The maximum atomic E-state index is 12.9. The Kier molecular flexibility index (Phi) is 5.40. The summed E-state index contributed by atoms with van der Waals surface area (Å²) in [6.07, 6.45) is 0. The Labute approximate surface area is 184 Å². The van der Waals surface area contributed by atoms with Crippen molar-refractivity contribution in [1.29, 1.82) is 0 Å². The number of hydrogen-bond donors (Lipinski definition) is 2. The van der Waals surface area contributed by atoms with Gasteiger partial charge in [-0.05, 0) is 50.6 Å². The van der Waals surface area contributed by atoms with Crippen LogP contribution in [0.1, 0.15) is 39.9 Å². The third-order valence-electron chi connectivity index (χ3n) is 5.44. The van der Waals surface area contributed by atoms with E-state index in [1.807, 2.05) is 19.9 Å². The highest BCUT2D eigenvalue weighted by molar-refractivity contribution is 6.09. The maximum Gasteiger partial charge on any atom is 0.344 e. The fourth-order valence-electron chi connectivity index (χ4n) is 3.44. The van der Waals surface area contributed by atoms with Crippen LogP contribution < -0.4 is 15.5 Å². The van der Waals surface area contributed by atoms with E-state index in [4.69, 9.17) is 9.26 Å². The van der Waals surface area contributed by atoms with Gasteiger partial charge in [0, 0.05) is 5.56 Å². The number of rotatable bonds is 6. The number of ether oxygens (including phenoxy) is 1. The second-order valence-electron chi connectivity index (χ2n) is 7.62. The number of hydrogen-bond acceptors (Lipinski definition) is 6. The molecule has 0 aliphatic carbocycles. The Balaban J connectivity index is 1.41. The van der Waals surface area contributed by atoms with Gasteiger partial charge in [0.25, 0.3) is 11.8 Å². The van der Waals surface area contributed by atoms with Gasteiger partial charge in [0.2, 0.25) is 0 Å². The first kappa shape index (κ1) is 21.1. The van der Waals surface area contributed by atoms with E-state index in [1.165, 1.54) is 0 Å². The Morgan fingerprint density at radius 3 is 2.44 bits per heavy atom. The summed E-state index contributed by atoms with van der Waals surface area (Å²) in [5.41, 5.74) is 3.63. The molecule has 1 aliphatic rings. The van der Waals surface area contributed by atoms with Crippen molar-refractivity contribution in [3.8, 4) is 5.75 Å². The summed E-state index contributed by atoms with van der Waals surface area (Å²) in [6.45, 7) is 5.53. The summed E-state index contributed by atoms with van der Waals surface area (Å²) < 4.78 is 10.8. The molecule has 9 heteroatoms. The molecule has 3 aromatic rings. The molecule has 2 aromatic carbocycles. The van der Waals surface area contributed by atoms with E-state index in [9.17, 15) is 14.4 Å². The van der Waals surface area contributed by atoms with Crippen molar-refractivity contribution in [2.45, 2.75) is 32.9 Å². The molecule has 2 heterocycles. The van der Waals surface area contributed by atoms with Gasteiger partial charge in [0.1, 0.15) is 23.7 Å². The average Bonchev–Trinajstić information content (AvgIpc) is 3.23. The number of aromatic nitrogens is 1. The molecule has 1 aliphatic heterocycles. The third kappa shape index (κ3) is 3.80. The fourth-order valence-corrected chi connectivity index (χ4v) is 3.44. The van der Waals surface area contributed by atoms with Crippen molar-refractivity contribution < 1.29 is 23.6 Å². The quantitative estimate of drug-likeness (QED) is 0.577. The van der Waals surface area contributed by atoms with Gasteiger partial charge in [-0.25, -0.2) is 4.79 Å². The van der Waals surface area contributed by atoms with Crippen molar-refractivity contribution in [1.82, 2.24) is 20.9 Å². The van der Waals surface area contributed by atoms with Crippen molar-refractivity contribution in [2.75, 3.05) is 0 Å². The number of urea groups is 1. The number of benzene rings is 2. The van der Waals surface area contributed by atoms with Crippen LogP contribution >= 0.6 is 0 Å². The van der Waals surface area contributed by atoms with E-state index in [0.717, 1.165) is 11.3 Å². The number of carbonyl (C=O) groups is 3. The predicted molar refractivity (Wildman–Crippen MR) is 113 cm³/mol. The number of nitrogens with zero attached hydrogens (tertiary/aromatic N) is 2. The number of amides is 4. The van der Waals surface area contributed by atoms with Crippen LogP contribution in [0, 0.1) is 13.8 Å². The van der Waals surface area contributed by atoms with E-state index in [1.54, 1.807) is 55.5 Å². The predicted octanol–water partition coefficient (Wildman–Crippen LogP) is 2.98. The van der Waals surface area contributed by atoms with E-state index >= 15 is 0 Å². The van der Waals surface area contributed by atoms with Crippen LogP contribution in [0.3, 0.4) is 0 Å². The summed E-state index contributed by atoms with van der Waals surface area (Å²) in [7, 11) is 0. The van der Waals surface area contributed by atoms with Gasteiger partial charge in [-0.15, -0.1) is 0 Å². The first-order chi connectivity index (χ1) is 15.3. The molecular weight excluding hydrogens is 412 g/mol. The largest absolute Gasteiger partial charge is 0.489 e. The Morgan fingerprint density at radius 1 is 1.12 bits per heavy atom. The highest BCUT2D eigenvalue weighted by atomic mass is 16.5. The van der Waals surface area contributed by atoms with Crippen LogP contribution in [0.2, 0.25) is 0 Å². The number of nitrogens with one attached hydrogen (secondary N) is 2. The van der Waals surface area contributed by atoms with Crippen LogP contribution in [-0.2, 0) is 16.9 Å². The number of hydrazine groups is 1. The van der Waals surface area contributed by atoms with Gasteiger partial charge in [0.05, 0.1) is 11.3 Å². The molecule has 164 valence electrons. The molecule has 32 heavy (non-hydrogen) atoms. The minimum Gasteiger partial charge on any atom is -0.489 e. The average molecular weight is 434 g/mol. The third-order valence-corrected chi connectivity index (χ3v) is 5.44. The van der Waals surface area contributed by atoms with Gasteiger partial charge >= 0.3 is 6.03 Å². The highest BCUT2D eigenvalue weighted by Gasteiger charge is 2.50. The lowest BCUT2D eigenvalue weighted by molar-refractivity contribution is -0.132.